The Balaban J connectivity index is 1.39. The second-order valence-corrected chi connectivity index (χ2v) is 8.69. The molecule has 2 aliphatic rings. The lowest BCUT2D eigenvalue weighted by molar-refractivity contribution is -0.384. The Labute approximate surface area is 185 Å². The minimum absolute atomic E-state index is 0.0737. The molecule has 164 valence electrons. The van der Waals surface area contributed by atoms with E-state index >= 15 is 0 Å². The van der Waals surface area contributed by atoms with Gasteiger partial charge in [0.15, 0.2) is 0 Å². The number of aromatic amines is 1. The number of oxime groups is 1. The molecule has 1 fully saturated rings. The Morgan fingerprint density at radius 1 is 1.03 bits per heavy atom. The van der Waals surface area contributed by atoms with Crippen molar-refractivity contribution in [1.29, 1.82) is 0 Å². The molecule has 0 spiro atoms. The summed E-state index contributed by atoms with van der Waals surface area (Å²) in [5.41, 5.74) is 5.59. The fraction of sp³-hybridized carbons (Fsp3) is 0.360. The van der Waals surface area contributed by atoms with Gasteiger partial charge < -0.3 is 9.82 Å². The van der Waals surface area contributed by atoms with Gasteiger partial charge in [0.25, 0.3) is 5.69 Å². The highest BCUT2D eigenvalue weighted by Crippen LogP contribution is 2.36. The zero-order valence-electron chi connectivity index (χ0n) is 17.8. The van der Waals surface area contributed by atoms with Crippen molar-refractivity contribution in [1.82, 2.24) is 4.98 Å². The molecule has 0 saturated heterocycles. The van der Waals surface area contributed by atoms with Crippen LogP contribution in [0.5, 0.6) is 0 Å². The number of carbonyl (C=O) groups excluding carboxylic acids is 1. The quantitative estimate of drug-likeness (QED) is 0.310. The standard InChI is InChI=1S/C25H25N3O4/c29-25(17-9-12-19(13-10-17)28(30)31)32-27-23-8-4-7-20-21-15-18(16-5-2-1-3-6-16)11-14-22(21)26-24(20)23/h9-16,26H,1-8H2/b27-23-. The number of H-pyrrole nitrogens is 1. The lowest BCUT2D eigenvalue weighted by Gasteiger charge is -2.22. The molecule has 0 radical (unpaired) electrons. The molecular formula is C25H25N3O4. The van der Waals surface area contributed by atoms with Crippen molar-refractivity contribution in [2.24, 2.45) is 5.16 Å². The van der Waals surface area contributed by atoms with Gasteiger partial charge in [-0.15, -0.1) is 0 Å². The Kier molecular flexibility index (Phi) is 5.47. The predicted molar refractivity (Wildman–Crippen MR) is 122 cm³/mol. The highest BCUT2D eigenvalue weighted by atomic mass is 16.7. The maximum Gasteiger partial charge on any atom is 0.365 e. The molecule has 1 aromatic heterocycles. The number of aromatic nitrogens is 1. The molecule has 0 unspecified atom stereocenters. The molecule has 32 heavy (non-hydrogen) atoms. The fourth-order valence-corrected chi connectivity index (χ4v) is 4.98. The minimum Gasteiger partial charge on any atom is -0.353 e. The van der Waals surface area contributed by atoms with Crippen LogP contribution < -0.4 is 0 Å². The number of hydrogen-bond donors (Lipinski definition) is 1. The van der Waals surface area contributed by atoms with Crippen LogP contribution in [0.3, 0.4) is 0 Å². The summed E-state index contributed by atoms with van der Waals surface area (Å²) in [5, 5.41) is 16.2. The predicted octanol–water partition coefficient (Wildman–Crippen LogP) is 6.02. The number of fused-ring (bicyclic) bond motifs is 3. The van der Waals surface area contributed by atoms with Crippen molar-refractivity contribution in [3.8, 4) is 0 Å². The van der Waals surface area contributed by atoms with E-state index in [1.165, 1.54) is 72.9 Å². The number of non-ortho nitro benzene ring substituents is 1. The summed E-state index contributed by atoms with van der Waals surface area (Å²) in [6, 6.07) is 12.1. The summed E-state index contributed by atoms with van der Waals surface area (Å²) < 4.78 is 0. The molecule has 2 aliphatic carbocycles. The molecule has 0 bridgehead atoms. The van der Waals surface area contributed by atoms with Gasteiger partial charge in [0.2, 0.25) is 0 Å². The van der Waals surface area contributed by atoms with Crippen LogP contribution in [0.15, 0.2) is 47.6 Å². The number of rotatable bonds is 4. The second kappa shape index (κ2) is 8.57. The van der Waals surface area contributed by atoms with Crippen molar-refractivity contribution >= 4 is 28.3 Å². The normalized spacial score (nSPS) is 17.9. The van der Waals surface area contributed by atoms with Crippen LogP contribution in [-0.2, 0) is 11.3 Å². The zero-order valence-corrected chi connectivity index (χ0v) is 17.8. The lowest BCUT2D eigenvalue weighted by atomic mass is 9.83. The summed E-state index contributed by atoms with van der Waals surface area (Å²) in [5.74, 6) is 0.0216. The number of nitrogens with zero attached hydrogens (tertiary/aromatic N) is 2. The Bertz CT molecular complexity index is 1200. The van der Waals surface area contributed by atoms with Crippen LogP contribution in [0.1, 0.15) is 78.0 Å². The van der Waals surface area contributed by atoms with Crippen molar-refractivity contribution in [3.63, 3.8) is 0 Å². The molecule has 0 atom stereocenters. The zero-order chi connectivity index (χ0) is 22.1. The molecule has 7 nitrogen and oxygen atoms in total. The van der Waals surface area contributed by atoms with E-state index < -0.39 is 10.9 Å². The van der Waals surface area contributed by atoms with Gasteiger partial charge in [0.05, 0.1) is 16.2 Å². The Morgan fingerprint density at radius 3 is 2.56 bits per heavy atom. The molecule has 2 aromatic carbocycles. The molecule has 3 aromatic rings. The highest BCUT2D eigenvalue weighted by Gasteiger charge is 2.23. The van der Waals surface area contributed by atoms with Crippen LogP contribution in [0, 0.1) is 10.1 Å². The first-order chi connectivity index (χ1) is 15.6. The van der Waals surface area contributed by atoms with Crippen molar-refractivity contribution in [3.05, 3.63) is 75.0 Å². The smallest absolute Gasteiger partial charge is 0.353 e. The van der Waals surface area contributed by atoms with Crippen molar-refractivity contribution in [2.45, 2.75) is 57.3 Å². The maximum absolute atomic E-state index is 12.4. The van der Waals surface area contributed by atoms with Crippen molar-refractivity contribution < 1.29 is 14.6 Å². The third-order valence-electron chi connectivity index (χ3n) is 6.69. The number of aryl methyl sites for hydroxylation is 1. The van der Waals surface area contributed by atoms with Gasteiger partial charge in [-0.3, -0.25) is 10.1 Å². The van der Waals surface area contributed by atoms with Gasteiger partial charge in [-0.25, -0.2) is 4.79 Å². The fourth-order valence-electron chi connectivity index (χ4n) is 4.98. The monoisotopic (exact) mass is 431 g/mol. The van der Waals surface area contributed by atoms with Crippen LogP contribution >= 0.6 is 0 Å². The third kappa shape index (κ3) is 3.90. The molecular weight excluding hydrogens is 406 g/mol. The van der Waals surface area contributed by atoms with E-state index in [2.05, 4.69) is 28.3 Å². The van der Waals surface area contributed by atoms with E-state index in [1.54, 1.807) is 0 Å². The number of nitro benzene ring substituents is 1. The van der Waals surface area contributed by atoms with Crippen molar-refractivity contribution in [2.75, 3.05) is 0 Å². The second-order valence-electron chi connectivity index (χ2n) is 8.69. The van der Waals surface area contributed by atoms with E-state index in [0.29, 0.717) is 5.92 Å². The first kappa shape index (κ1) is 20.4. The lowest BCUT2D eigenvalue weighted by Crippen LogP contribution is -2.13. The topological polar surface area (TPSA) is 97.6 Å². The van der Waals surface area contributed by atoms with Gasteiger partial charge in [-0.2, -0.15) is 0 Å². The van der Waals surface area contributed by atoms with E-state index in [4.69, 9.17) is 4.84 Å². The van der Waals surface area contributed by atoms with E-state index in [0.717, 1.165) is 36.2 Å². The number of nitro groups is 1. The van der Waals surface area contributed by atoms with Crippen LogP contribution in [0.25, 0.3) is 10.9 Å². The summed E-state index contributed by atoms with van der Waals surface area (Å²) in [4.78, 5) is 31.3. The summed E-state index contributed by atoms with van der Waals surface area (Å²) >= 11 is 0. The molecule has 1 N–H and O–H groups in total. The van der Waals surface area contributed by atoms with Gasteiger partial charge in [0, 0.05) is 23.0 Å². The molecule has 5 rings (SSSR count). The SMILES string of the molecule is O=C(O/N=C1/CCCc2c1[nH]c1ccc(C3CCCCC3)cc21)c1ccc([N+](=O)[O-])cc1. The highest BCUT2D eigenvalue weighted by molar-refractivity contribution is 6.06. The summed E-state index contributed by atoms with van der Waals surface area (Å²) in [7, 11) is 0. The molecule has 0 aliphatic heterocycles. The Morgan fingerprint density at radius 2 is 1.81 bits per heavy atom. The van der Waals surface area contributed by atoms with Gasteiger partial charge in [0.1, 0.15) is 5.71 Å². The molecule has 0 amide bonds. The largest absolute Gasteiger partial charge is 0.365 e. The first-order valence-corrected chi connectivity index (χ1v) is 11.3. The Hall–Kier alpha value is -3.48. The molecule has 7 heteroatoms. The number of nitrogens with one attached hydrogen (secondary N) is 1. The van der Waals surface area contributed by atoms with Gasteiger partial charge in [-0.05, 0) is 73.4 Å². The number of benzene rings is 2. The average Bonchev–Trinajstić information content (AvgIpc) is 3.21. The molecule has 1 saturated carbocycles. The van der Waals surface area contributed by atoms with Crippen LogP contribution in [-0.4, -0.2) is 21.6 Å². The third-order valence-corrected chi connectivity index (χ3v) is 6.69. The first-order valence-electron chi connectivity index (χ1n) is 11.3. The van der Waals surface area contributed by atoms with E-state index in [9.17, 15) is 14.9 Å². The summed E-state index contributed by atoms with van der Waals surface area (Å²) in [6.45, 7) is 0. The van der Waals surface area contributed by atoms with E-state index in [1.807, 2.05) is 0 Å². The maximum atomic E-state index is 12.4. The van der Waals surface area contributed by atoms with Gasteiger partial charge in [-0.1, -0.05) is 30.5 Å². The van der Waals surface area contributed by atoms with Gasteiger partial charge >= 0.3 is 5.97 Å². The minimum atomic E-state index is -0.629. The van der Waals surface area contributed by atoms with Crippen LogP contribution in [0.4, 0.5) is 5.69 Å². The number of carbonyl (C=O) groups is 1. The average molecular weight is 431 g/mol. The summed E-state index contributed by atoms with van der Waals surface area (Å²) in [6.07, 6.45) is 9.14. The van der Waals surface area contributed by atoms with E-state index in [-0.39, 0.29) is 11.3 Å². The van der Waals surface area contributed by atoms with Crippen LogP contribution in [0.2, 0.25) is 0 Å². The number of hydrogen-bond acceptors (Lipinski definition) is 5. The molecule has 1 heterocycles.